The molecule has 5 atom stereocenters. The van der Waals surface area contributed by atoms with Gasteiger partial charge in [0.1, 0.15) is 23.6 Å². The minimum absolute atomic E-state index is 0.0117. The molecule has 1 aliphatic heterocycles. The zero-order valence-corrected chi connectivity index (χ0v) is 26.6. The molecule has 10 nitrogen and oxygen atoms in total. The first-order valence-corrected chi connectivity index (χ1v) is 15.0. The molecule has 0 aliphatic carbocycles. The van der Waals surface area contributed by atoms with E-state index in [1.54, 1.807) is 51.2 Å². The molecule has 1 heterocycles. The molecule has 44 heavy (non-hydrogen) atoms. The highest BCUT2D eigenvalue weighted by Crippen LogP contribution is 2.34. The summed E-state index contributed by atoms with van der Waals surface area (Å²) in [7, 11) is 1.49. The number of carbonyl (C=O) groups excluding carboxylic acids is 3. The molecular formula is C34H48N2O8. The number of aromatic hydroxyl groups is 2. The van der Waals surface area contributed by atoms with Crippen molar-refractivity contribution in [3.63, 3.8) is 0 Å². The van der Waals surface area contributed by atoms with E-state index < -0.39 is 42.1 Å². The number of benzene rings is 1. The topological polar surface area (TPSA) is 154 Å². The SMILES string of the molecule is CO[C@H]1/C=C/C=C/C=C/C[C@H](OC(=O)[C@@H](C)NC(=O)CC(C)C)[C@@H](C)[C@@H](O)/C(C)=C/CCc2cc(O)cc(c2O)NC(=O)C1. The average molecular weight is 613 g/mol. The van der Waals surface area contributed by atoms with Gasteiger partial charge < -0.3 is 35.4 Å². The Balaban J connectivity index is 2.34. The van der Waals surface area contributed by atoms with Crippen LogP contribution in [0, 0.1) is 11.8 Å². The predicted octanol–water partition coefficient (Wildman–Crippen LogP) is 4.85. The smallest absolute Gasteiger partial charge is 0.328 e. The van der Waals surface area contributed by atoms with E-state index in [9.17, 15) is 29.7 Å². The second kappa shape index (κ2) is 18.0. The molecule has 0 fully saturated rings. The molecule has 0 unspecified atom stereocenters. The van der Waals surface area contributed by atoms with Gasteiger partial charge in [0.25, 0.3) is 0 Å². The summed E-state index contributed by atoms with van der Waals surface area (Å²) < 4.78 is 11.2. The summed E-state index contributed by atoms with van der Waals surface area (Å²) in [6, 6.07) is 1.86. The van der Waals surface area contributed by atoms with Gasteiger partial charge in [0.15, 0.2) is 0 Å². The van der Waals surface area contributed by atoms with E-state index >= 15 is 0 Å². The Bertz CT molecular complexity index is 1250. The highest BCUT2D eigenvalue weighted by Gasteiger charge is 2.30. The number of aliphatic hydroxyl groups is 1. The Morgan fingerprint density at radius 1 is 1.11 bits per heavy atom. The maximum Gasteiger partial charge on any atom is 0.328 e. The van der Waals surface area contributed by atoms with E-state index in [0.29, 0.717) is 36.8 Å². The molecular weight excluding hydrogens is 564 g/mol. The number of nitrogens with one attached hydrogen (secondary N) is 2. The van der Waals surface area contributed by atoms with E-state index in [-0.39, 0.29) is 35.4 Å². The summed E-state index contributed by atoms with van der Waals surface area (Å²) in [5.74, 6) is -1.83. The van der Waals surface area contributed by atoms with Crippen molar-refractivity contribution in [2.75, 3.05) is 12.4 Å². The number of fused-ring (bicyclic) bond motifs is 2. The van der Waals surface area contributed by atoms with Crippen LogP contribution in [-0.4, -0.2) is 64.6 Å². The Morgan fingerprint density at radius 3 is 2.50 bits per heavy atom. The van der Waals surface area contributed by atoms with Crippen LogP contribution in [0.4, 0.5) is 5.69 Å². The van der Waals surface area contributed by atoms with E-state index in [4.69, 9.17) is 9.47 Å². The monoisotopic (exact) mass is 612 g/mol. The molecule has 0 radical (unpaired) electrons. The van der Waals surface area contributed by atoms with E-state index in [1.165, 1.54) is 19.2 Å². The molecule has 1 aromatic carbocycles. The van der Waals surface area contributed by atoms with Crippen molar-refractivity contribution in [2.24, 2.45) is 11.8 Å². The number of phenolic OH excluding ortho intramolecular Hbond substituents is 2. The van der Waals surface area contributed by atoms with Crippen LogP contribution in [-0.2, 0) is 30.3 Å². The maximum absolute atomic E-state index is 12.9. The first-order chi connectivity index (χ1) is 20.8. The Morgan fingerprint density at radius 2 is 1.82 bits per heavy atom. The molecule has 2 amide bonds. The van der Waals surface area contributed by atoms with Crippen LogP contribution < -0.4 is 10.6 Å². The van der Waals surface area contributed by atoms with Gasteiger partial charge in [0.05, 0.1) is 24.3 Å². The van der Waals surface area contributed by atoms with Crippen LogP contribution in [0.15, 0.2) is 60.2 Å². The van der Waals surface area contributed by atoms with Crippen LogP contribution >= 0.6 is 0 Å². The third-order valence-electron chi connectivity index (χ3n) is 7.32. The van der Waals surface area contributed by atoms with Gasteiger partial charge >= 0.3 is 5.97 Å². The number of amides is 2. The van der Waals surface area contributed by atoms with E-state index in [1.807, 2.05) is 26.0 Å². The van der Waals surface area contributed by atoms with Gasteiger partial charge in [-0.1, -0.05) is 63.3 Å². The van der Waals surface area contributed by atoms with Gasteiger partial charge in [-0.2, -0.15) is 0 Å². The number of methoxy groups -OCH3 is 1. The first-order valence-electron chi connectivity index (χ1n) is 15.0. The number of aliphatic hydroxyl groups excluding tert-OH is 1. The molecule has 10 heteroatoms. The van der Waals surface area contributed by atoms with Gasteiger partial charge in [-0.15, -0.1) is 0 Å². The fraction of sp³-hybridized carbons (Fsp3) is 0.500. The average Bonchev–Trinajstić information content (AvgIpc) is 2.95. The summed E-state index contributed by atoms with van der Waals surface area (Å²) in [4.78, 5) is 37.8. The Hall–Kier alpha value is -3.89. The second-order valence-corrected chi connectivity index (χ2v) is 11.6. The maximum atomic E-state index is 12.9. The Kier molecular flexibility index (Phi) is 14.9. The summed E-state index contributed by atoms with van der Waals surface area (Å²) in [6.07, 6.45) is 11.6. The van der Waals surface area contributed by atoms with Crippen molar-refractivity contribution in [1.29, 1.82) is 0 Å². The number of phenols is 2. The molecule has 0 saturated heterocycles. The summed E-state index contributed by atoms with van der Waals surface area (Å²) in [5, 5.41) is 37.5. The zero-order valence-electron chi connectivity index (χ0n) is 26.6. The number of allylic oxidation sites excluding steroid dienone is 5. The van der Waals surface area contributed by atoms with Crippen LogP contribution in [0.25, 0.3) is 0 Å². The lowest BCUT2D eigenvalue weighted by Crippen LogP contribution is -2.43. The molecule has 1 aliphatic rings. The Labute approximate surface area is 260 Å². The summed E-state index contributed by atoms with van der Waals surface area (Å²) >= 11 is 0. The van der Waals surface area contributed by atoms with E-state index in [0.717, 1.165) is 0 Å². The lowest BCUT2D eigenvalue weighted by Gasteiger charge is -2.29. The number of hydrogen-bond acceptors (Lipinski definition) is 8. The van der Waals surface area contributed by atoms with Crippen molar-refractivity contribution in [3.05, 3.63) is 65.8 Å². The van der Waals surface area contributed by atoms with Crippen LogP contribution in [0.3, 0.4) is 0 Å². The number of carbonyl (C=O) groups is 3. The highest BCUT2D eigenvalue weighted by molar-refractivity contribution is 5.93. The molecule has 0 aromatic heterocycles. The lowest BCUT2D eigenvalue weighted by molar-refractivity contribution is -0.156. The number of anilines is 1. The van der Waals surface area contributed by atoms with Crippen molar-refractivity contribution < 1.29 is 39.2 Å². The van der Waals surface area contributed by atoms with Crippen molar-refractivity contribution in [1.82, 2.24) is 5.32 Å². The van der Waals surface area contributed by atoms with Crippen LogP contribution in [0.2, 0.25) is 0 Å². The van der Waals surface area contributed by atoms with Gasteiger partial charge in [-0.25, -0.2) is 4.79 Å². The number of hydrogen-bond donors (Lipinski definition) is 5. The number of esters is 1. The standard InChI is InChI=1S/C34H48N2O8/c1-21(2)17-30(38)35-24(5)34(42)44-29-16-11-9-7-8-10-15-27(43-6)20-31(39)36-28-19-26(37)18-25(33(28)41)14-12-13-22(3)32(40)23(29)4/h7-11,13,15,18-19,21,23-24,27,29,32,37,40-41H,12,14,16-17,20H2,1-6H3,(H,35,38)(H,36,39)/b8-7+,11-9+,15-10+,22-13+/t23-,24-,27+,29+,32+/m1/s1. The molecule has 1 aromatic rings. The quantitative estimate of drug-likeness (QED) is 0.132. The fourth-order valence-corrected chi connectivity index (χ4v) is 4.73. The lowest BCUT2D eigenvalue weighted by atomic mass is 9.90. The number of aryl methyl sites for hydroxylation is 1. The van der Waals surface area contributed by atoms with Gasteiger partial charge in [-0.05, 0) is 49.8 Å². The fourth-order valence-electron chi connectivity index (χ4n) is 4.73. The third kappa shape index (κ3) is 12.0. The van der Waals surface area contributed by atoms with Crippen molar-refractivity contribution >= 4 is 23.5 Å². The van der Waals surface area contributed by atoms with Crippen molar-refractivity contribution in [3.8, 4) is 11.5 Å². The molecule has 2 rings (SSSR count). The second-order valence-electron chi connectivity index (χ2n) is 11.6. The zero-order chi connectivity index (χ0) is 32.8. The summed E-state index contributed by atoms with van der Waals surface area (Å²) in [5.41, 5.74) is 1.17. The third-order valence-corrected chi connectivity index (χ3v) is 7.32. The number of ether oxygens (including phenoxy) is 2. The predicted molar refractivity (Wildman–Crippen MR) is 170 cm³/mol. The molecule has 0 saturated carbocycles. The normalized spacial score (nSPS) is 26.2. The molecule has 242 valence electrons. The largest absolute Gasteiger partial charge is 0.508 e. The minimum Gasteiger partial charge on any atom is -0.508 e. The van der Waals surface area contributed by atoms with Gasteiger partial charge in [-0.3, -0.25) is 9.59 Å². The minimum atomic E-state index is -0.946. The highest BCUT2D eigenvalue weighted by atomic mass is 16.5. The molecule has 5 N–H and O–H groups in total. The molecule has 0 spiro atoms. The van der Waals surface area contributed by atoms with Crippen LogP contribution in [0.5, 0.6) is 11.5 Å². The first kappa shape index (κ1) is 36.3. The van der Waals surface area contributed by atoms with Crippen LogP contribution in [0.1, 0.15) is 65.9 Å². The molecule has 2 bridgehead atoms. The summed E-state index contributed by atoms with van der Waals surface area (Å²) in [6.45, 7) is 8.98. The van der Waals surface area contributed by atoms with Gasteiger partial charge in [0.2, 0.25) is 11.8 Å². The van der Waals surface area contributed by atoms with E-state index in [2.05, 4.69) is 10.6 Å². The number of rotatable bonds is 6. The van der Waals surface area contributed by atoms with Crippen molar-refractivity contribution in [2.45, 2.75) is 91.1 Å². The van der Waals surface area contributed by atoms with Gasteiger partial charge in [0, 0.05) is 31.9 Å².